The van der Waals surface area contributed by atoms with Gasteiger partial charge in [0.15, 0.2) is 6.61 Å². The van der Waals surface area contributed by atoms with Gasteiger partial charge in [0, 0.05) is 13.1 Å². The summed E-state index contributed by atoms with van der Waals surface area (Å²) in [4.78, 5) is 0. The lowest BCUT2D eigenvalue weighted by atomic mass is 10.0. The lowest BCUT2D eigenvalue weighted by molar-refractivity contribution is 0.368. The minimum absolute atomic E-state index is 0.113. The van der Waals surface area contributed by atoms with Crippen molar-refractivity contribution < 1.29 is 4.74 Å². The van der Waals surface area contributed by atoms with Crippen LogP contribution in [0.1, 0.15) is 31.2 Å². The van der Waals surface area contributed by atoms with Crippen LogP contribution >= 0.6 is 0 Å². The van der Waals surface area contributed by atoms with E-state index in [9.17, 15) is 0 Å². The number of hydrogen-bond acceptors (Lipinski definition) is 3. The molecule has 1 aromatic rings. The van der Waals surface area contributed by atoms with Crippen LogP contribution in [0.15, 0.2) is 24.3 Å². The second-order valence-corrected chi connectivity index (χ2v) is 5.83. The Morgan fingerprint density at radius 2 is 2.00 bits per heavy atom. The number of nitrogens with one attached hydrogen (secondary N) is 1. The quantitative estimate of drug-likeness (QED) is 0.816. The van der Waals surface area contributed by atoms with E-state index in [2.05, 4.69) is 17.4 Å². The Hall–Kier alpha value is -1.53. The predicted octanol–water partition coefficient (Wildman–Crippen LogP) is 2.87. The molecule has 0 atom stereocenters. The van der Waals surface area contributed by atoms with Gasteiger partial charge in [-0.1, -0.05) is 12.1 Å². The molecule has 0 spiro atoms. The highest BCUT2D eigenvalue weighted by Crippen LogP contribution is 2.60. The molecule has 2 aliphatic carbocycles. The zero-order valence-electron chi connectivity index (χ0n) is 11.2. The summed E-state index contributed by atoms with van der Waals surface area (Å²) in [6.45, 7) is 2.21. The molecule has 1 aromatic carbocycles. The number of rotatable bonds is 7. The van der Waals surface area contributed by atoms with Crippen molar-refractivity contribution in [2.24, 2.45) is 11.3 Å². The van der Waals surface area contributed by atoms with E-state index >= 15 is 0 Å². The molecule has 1 N–H and O–H groups in total. The first-order chi connectivity index (χ1) is 9.32. The lowest BCUT2D eigenvalue weighted by Crippen LogP contribution is -2.24. The van der Waals surface area contributed by atoms with Crippen molar-refractivity contribution in [3.05, 3.63) is 29.8 Å². The first-order valence-electron chi connectivity index (χ1n) is 7.12. The monoisotopic (exact) mass is 256 g/mol. The van der Waals surface area contributed by atoms with E-state index in [0.29, 0.717) is 5.41 Å². The zero-order valence-corrected chi connectivity index (χ0v) is 11.2. The van der Waals surface area contributed by atoms with E-state index in [1.807, 2.05) is 18.2 Å². The molecule has 0 heterocycles. The standard InChI is InChI=1S/C16H20N2O/c17-9-10-19-15-5-1-13(2-6-15)11-18-12-16(7-8-16)14-3-4-14/h1-2,5-6,14,18H,3-4,7-8,10-12H2. The molecule has 100 valence electrons. The van der Waals surface area contributed by atoms with Crippen LogP contribution in [0.25, 0.3) is 0 Å². The van der Waals surface area contributed by atoms with Gasteiger partial charge >= 0.3 is 0 Å². The normalized spacial score (nSPS) is 19.7. The Morgan fingerprint density at radius 3 is 2.58 bits per heavy atom. The molecular weight excluding hydrogens is 236 g/mol. The summed E-state index contributed by atoms with van der Waals surface area (Å²) in [5.41, 5.74) is 1.94. The van der Waals surface area contributed by atoms with Crippen molar-refractivity contribution in [3.8, 4) is 11.8 Å². The Kier molecular flexibility index (Phi) is 3.44. The fourth-order valence-electron chi connectivity index (χ4n) is 2.86. The van der Waals surface area contributed by atoms with Gasteiger partial charge in [0.2, 0.25) is 0 Å². The lowest BCUT2D eigenvalue weighted by Gasteiger charge is -2.15. The van der Waals surface area contributed by atoms with Gasteiger partial charge in [0.1, 0.15) is 11.8 Å². The highest BCUT2D eigenvalue weighted by molar-refractivity contribution is 5.27. The summed E-state index contributed by atoms with van der Waals surface area (Å²) in [7, 11) is 0. The van der Waals surface area contributed by atoms with Gasteiger partial charge in [-0.2, -0.15) is 5.26 Å². The summed E-state index contributed by atoms with van der Waals surface area (Å²) in [5.74, 6) is 1.78. The van der Waals surface area contributed by atoms with Crippen molar-refractivity contribution >= 4 is 0 Å². The third kappa shape index (κ3) is 3.08. The van der Waals surface area contributed by atoms with E-state index in [4.69, 9.17) is 10.00 Å². The Labute approximate surface area is 114 Å². The fraction of sp³-hybridized carbons (Fsp3) is 0.562. The molecule has 3 rings (SSSR count). The van der Waals surface area contributed by atoms with Crippen molar-refractivity contribution in [1.82, 2.24) is 5.32 Å². The molecule has 2 fully saturated rings. The van der Waals surface area contributed by atoms with Crippen molar-refractivity contribution in [2.45, 2.75) is 32.2 Å². The van der Waals surface area contributed by atoms with Crippen LogP contribution in [-0.2, 0) is 6.54 Å². The topological polar surface area (TPSA) is 45.0 Å². The van der Waals surface area contributed by atoms with Gasteiger partial charge in [-0.25, -0.2) is 0 Å². The van der Waals surface area contributed by atoms with Crippen LogP contribution in [-0.4, -0.2) is 13.2 Å². The molecule has 0 amide bonds. The SMILES string of the molecule is N#CCOc1ccc(CNCC2(C3CC3)CC2)cc1. The molecule has 3 heteroatoms. The molecule has 3 nitrogen and oxygen atoms in total. The zero-order chi connectivity index (χ0) is 13.1. The molecule has 2 saturated carbocycles. The smallest absolute Gasteiger partial charge is 0.174 e. The van der Waals surface area contributed by atoms with Crippen LogP contribution in [0.2, 0.25) is 0 Å². The second-order valence-electron chi connectivity index (χ2n) is 5.83. The maximum absolute atomic E-state index is 8.45. The molecule has 0 aromatic heterocycles. The van der Waals surface area contributed by atoms with Gasteiger partial charge in [-0.3, -0.25) is 0 Å². The third-order valence-electron chi connectivity index (χ3n) is 4.37. The first kappa shape index (κ1) is 12.5. The van der Waals surface area contributed by atoms with Crippen LogP contribution in [0.5, 0.6) is 5.75 Å². The van der Waals surface area contributed by atoms with Crippen molar-refractivity contribution in [1.29, 1.82) is 5.26 Å². The fourth-order valence-corrected chi connectivity index (χ4v) is 2.86. The van der Waals surface area contributed by atoms with E-state index in [-0.39, 0.29) is 6.61 Å². The van der Waals surface area contributed by atoms with Gasteiger partial charge < -0.3 is 10.1 Å². The number of nitrogens with zero attached hydrogens (tertiary/aromatic N) is 1. The summed E-state index contributed by atoms with van der Waals surface area (Å²) in [5, 5.41) is 12.0. The molecule has 0 bridgehead atoms. The van der Waals surface area contributed by atoms with Gasteiger partial charge in [-0.05, 0) is 54.7 Å². The summed E-state index contributed by atoms with van der Waals surface area (Å²) in [6.07, 6.45) is 5.75. The molecule has 19 heavy (non-hydrogen) atoms. The highest BCUT2D eigenvalue weighted by atomic mass is 16.5. The van der Waals surface area contributed by atoms with Crippen molar-refractivity contribution in [3.63, 3.8) is 0 Å². The minimum atomic E-state index is 0.113. The largest absolute Gasteiger partial charge is 0.479 e. The summed E-state index contributed by atoms with van der Waals surface area (Å²) in [6, 6.07) is 9.97. The van der Waals surface area contributed by atoms with Crippen LogP contribution in [0.4, 0.5) is 0 Å². The minimum Gasteiger partial charge on any atom is -0.479 e. The number of ether oxygens (including phenoxy) is 1. The Morgan fingerprint density at radius 1 is 1.26 bits per heavy atom. The molecule has 0 saturated heterocycles. The number of benzene rings is 1. The Bertz CT molecular complexity index is 467. The van der Waals surface area contributed by atoms with Crippen LogP contribution < -0.4 is 10.1 Å². The van der Waals surface area contributed by atoms with Gasteiger partial charge in [-0.15, -0.1) is 0 Å². The first-order valence-corrected chi connectivity index (χ1v) is 7.12. The van der Waals surface area contributed by atoms with Crippen LogP contribution in [0, 0.1) is 22.7 Å². The average molecular weight is 256 g/mol. The van der Waals surface area contributed by atoms with Gasteiger partial charge in [0.05, 0.1) is 0 Å². The van der Waals surface area contributed by atoms with E-state index in [1.54, 1.807) is 0 Å². The summed E-state index contributed by atoms with van der Waals surface area (Å²) >= 11 is 0. The van der Waals surface area contributed by atoms with Crippen molar-refractivity contribution in [2.75, 3.05) is 13.2 Å². The molecule has 0 unspecified atom stereocenters. The van der Waals surface area contributed by atoms with Crippen LogP contribution in [0.3, 0.4) is 0 Å². The maximum atomic E-state index is 8.45. The van der Waals surface area contributed by atoms with Gasteiger partial charge in [0.25, 0.3) is 0 Å². The van der Waals surface area contributed by atoms with E-state index in [0.717, 1.165) is 18.2 Å². The molecule has 2 aliphatic rings. The summed E-state index contributed by atoms with van der Waals surface area (Å²) < 4.78 is 5.24. The molecule has 0 radical (unpaired) electrons. The molecule has 0 aliphatic heterocycles. The maximum Gasteiger partial charge on any atom is 0.174 e. The van der Waals surface area contributed by atoms with E-state index in [1.165, 1.54) is 37.8 Å². The number of nitriles is 1. The number of hydrogen-bond donors (Lipinski definition) is 1. The van der Waals surface area contributed by atoms with E-state index < -0.39 is 0 Å². The average Bonchev–Trinajstić information content (AvgIpc) is 3.29. The molecular formula is C16H20N2O. The predicted molar refractivity (Wildman–Crippen MR) is 73.6 cm³/mol. The second kappa shape index (κ2) is 5.22. The third-order valence-corrected chi connectivity index (χ3v) is 4.37. The highest BCUT2D eigenvalue weighted by Gasteiger charge is 2.53. The Balaban J connectivity index is 1.44.